The molecule has 0 amide bonds. The zero-order valence-corrected chi connectivity index (χ0v) is 9.29. The predicted molar refractivity (Wildman–Crippen MR) is 52.6 cm³/mol. The van der Waals surface area contributed by atoms with Crippen LogP contribution >= 0.6 is 0 Å². The Bertz CT molecular complexity index is 500. The first-order valence-electron chi connectivity index (χ1n) is 4.82. The van der Waals surface area contributed by atoms with Gasteiger partial charge < -0.3 is 15.9 Å². The normalized spacial score (nSPS) is 44.1. The first kappa shape index (κ1) is 12.3. The Balaban J connectivity index is 2.40. The van der Waals surface area contributed by atoms with Gasteiger partial charge in [-0.3, -0.25) is 14.1 Å². The Labute approximate surface area is 96.2 Å². The van der Waals surface area contributed by atoms with Crippen molar-refractivity contribution in [3.8, 4) is 0 Å². The van der Waals surface area contributed by atoms with Crippen molar-refractivity contribution in [3.05, 3.63) is 0 Å². The number of nitrogens with two attached hydrogens (primary N) is 1. The Kier molecular flexibility index (Phi) is 2.29. The van der Waals surface area contributed by atoms with Crippen LogP contribution < -0.4 is 5.73 Å². The average molecular weight is 265 g/mol. The maximum absolute atomic E-state index is 11.1. The highest BCUT2D eigenvalue weighted by Gasteiger charge is 2.76. The minimum atomic E-state index is -4.49. The topological polar surface area (TPSA) is 155 Å². The van der Waals surface area contributed by atoms with Gasteiger partial charge >= 0.3 is 11.9 Å². The molecule has 5 N–H and O–H groups in total. The molecule has 2 aliphatic rings. The highest BCUT2D eigenvalue weighted by atomic mass is 32.2. The van der Waals surface area contributed by atoms with Crippen LogP contribution in [-0.4, -0.2) is 45.9 Å². The van der Waals surface area contributed by atoms with Crippen LogP contribution in [0, 0.1) is 17.8 Å². The maximum Gasteiger partial charge on any atom is 0.324 e. The second kappa shape index (κ2) is 3.18. The van der Waals surface area contributed by atoms with Gasteiger partial charge in [-0.1, -0.05) is 0 Å². The first-order chi connectivity index (χ1) is 7.60. The van der Waals surface area contributed by atoms with Crippen molar-refractivity contribution in [3.63, 3.8) is 0 Å². The van der Waals surface area contributed by atoms with Gasteiger partial charge in [0.25, 0.3) is 10.1 Å². The summed E-state index contributed by atoms with van der Waals surface area (Å²) in [5.41, 5.74) is 3.67. The summed E-state index contributed by atoms with van der Waals surface area (Å²) >= 11 is 0. The molecule has 5 atom stereocenters. The number of hydrogen-bond donors (Lipinski definition) is 4. The third kappa shape index (κ3) is 1.53. The number of carboxylic acids is 2. The van der Waals surface area contributed by atoms with E-state index in [1.807, 2.05) is 0 Å². The van der Waals surface area contributed by atoms with E-state index in [4.69, 9.17) is 20.5 Å². The van der Waals surface area contributed by atoms with Crippen molar-refractivity contribution in [2.45, 2.75) is 17.2 Å². The number of carbonyl (C=O) groups is 2. The lowest BCUT2D eigenvalue weighted by molar-refractivity contribution is -0.145. The summed E-state index contributed by atoms with van der Waals surface area (Å²) in [6.45, 7) is 0. The molecule has 0 heterocycles. The quantitative estimate of drug-likeness (QED) is 0.443. The molecule has 0 aromatic heterocycles. The molecule has 0 radical (unpaired) electrons. The molecule has 0 saturated heterocycles. The fourth-order valence-corrected chi connectivity index (χ4v) is 4.14. The summed E-state index contributed by atoms with van der Waals surface area (Å²) in [7, 11) is -4.49. The second-order valence-electron chi connectivity index (χ2n) is 4.57. The molecule has 17 heavy (non-hydrogen) atoms. The van der Waals surface area contributed by atoms with Crippen molar-refractivity contribution < 1.29 is 32.8 Å². The van der Waals surface area contributed by atoms with Gasteiger partial charge in [0.05, 0.1) is 11.2 Å². The minimum Gasteiger partial charge on any atom is -0.481 e. The highest BCUT2D eigenvalue weighted by Crippen LogP contribution is 2.63. The standard InChI is InChI=1S/C8H11NO7S/c9-8(7(12)13)1-2(17(14,15)16)3-4(5(3)8)6(10)11/h2-5H,1,9H2,(H,10,11)(H,12,13)(H,14,15,16). The van der Waals surface area contributed by atoms with Gasteiger partial charge in [0, 0.05) is 5.92 Å². The summed E-state index contributed by atoms with van der Waals surface area (Å²) in [5.74, 6) is -5.70. The molecule has 9 heteroatoms. The lowest BCUT2D eigenvalue weighted by Crippen LogP contribution is -2.51. The van der Waals surface area contributed by atoms with E-state index in [-0.39, 0.29) is 0 Å². The van der Waals surface area contributed by atoms with Crippen LogP contribution in [0.5, 0.6) is 0 Å². The monoisotopic (exact) mass is 265 g/mol. The van der Waals surface area contributed by atoms with Gasteiger partial charge in [-0.05, 0) is 12.3 Å². The third-order valence-electron chi connectivity index (χ3n) is 3.70. The van der Waals surface area contributed by atoms with Crippen molar-refractivity contribution in [1.82, 2.24) is 0 Å². The van der Waals surface area contributed by atoms with Gasteiger partial charge in [0.1, 0.15) is 5.54 Å². The van der Waals surface area contributed by atoms with Gasteiger partial charge in [-0.15, -0.1) is 0 Å². The van der Waals surface area contributed by atoms with Crippen LogP contribution in [0.3, 0.4) is 0 Å². The van der Waals surface area contributed by atoms with E-state index >= 15 is 0 Å². The van der Waals surface area contributed by atoms with E-state index in [1.54, 1.807) is 0 Å². The number of hydrogen-bond acceptors (Lipinski definition) is 5. The third-order valence-corrected chi connectivity index (χ3v) is 4.95. The Hall–Kier alpha value is -1.19. The van der Waals surface area contributed by atoms with Crippen LogP contribution in [0.15, 0.2) is 0 Å². The number of fused-ring (bicyclic) bond motifs is 1. The van der Waals surface area contributed by atoms with Crippen LogP contribution in [0.2, 0.25) is 0 Å². The summed E-state index contributed by atoms with van der Waals surface area (Å²) in [6.07, 6.45) is -0.458. The summed E-state index contributed by atoms with van der Waals surface area (Å²) in [5, 5.41) is 16.4. The SMILES string of the molecule is NC1(C(=O)O)CC(S(=O)(=O)O)C2C(C(=O)O)C21. The number of carboxylic acid groups (broad SMARTS) is 2. The van der Waals surface area contributed by atoms with Crippen LogP contribution in [-0.2, 0) is 19.7 Å². The Morgan fingerprint density at radius 3 is 2.18 bits per heavy atom. The van der Waals surface area contributed by atoms with Crippen molar-refractivity contribution >= 4 is 22.1 Å². The number of rotatable bonds is 3. The van der Waals surface area contributed by atoms with Crippen LogP contribution in [0.4, 0.5) is 0 Å². The fraction of sp³-hybridized carbons (Fsp3) is 0.750. The van der Waals surface area contributed by atoms with E-state index in [2.05, 4.69) is 0 Å². The molecule has 0 spiro atoms. The molecule has 96 valence electrons. The second-order valence-corrected chi connectivity index (χ2v) is 6.21. The van der Waals surface area contributed by atoms with Gasteiger partial charge in [0.15, 0.2) is 0 Å². The molecule has 5 unspecified atom stereocenters. The van der Waals surface area contributed by atoms with Crippen molar-refractivity contribution in [1.29, 1.82) is 0 Å². The van der Waals surface area contributed by atoms with Gasteiger partial charge in [0.2, 0.25) is 0 Å². The highest BCUT2D eigenvalue weighted by molar-refractivity contribution is 7.86. The van der Waals surface area contributed by atoms with E-state index in [1.165, 1.54) is 0 Å². The molecule has 2 aliphatic carbocycles. The van der Waals surface area contributed by atoms with Gasteiger partial charge in [-0.2, -0.15) is 8.42 Å². The molecular weight excluding hydrogens is 254 g/mol. The van der Waals surface area contributed by atoms with E-state index in [9.17, 15) is 18.0 Å². The average Bonchev–Trinajstić information content (AvgIpc) is 2.79. The van der Waals surface area contributed by atoms with E-state index in [0.29, 0.717) is 0 Å². The summed E-state index contributed by atoms with van der Waals surface area (Å²) < 4.78 is 31.1. The molecule has 0 bridgehead atoms. The van der Waals surface area contributed by atoms with Gasteiger partial charge in [-0.25, -0.2) is 0 Å². The summed E-state index contributed by atoms with van der Waals surface area (Å²) in [4.78, 5) is 21.8. The molecule has 8 nitrogen and oxygen atoms in total. The fourth-order valence-electron chi connectivity index (χ4n) is 2.92. The van der Waals surface area contributed by atoms with Crippen molar-refractivity contribution in [2.24, 2.45) is 23.5 Å². The largest absolute Gasteiger partial charge is 0.481 e. The molecule has 0 aromatic rings. The zero-order valence-electron chi connectivity index (χ0n) is 8.48. The van der Waals surface area contributed by atoms with Crippen molar-refractivity contribution in [2.75, 3.05) is 0 Å². The molecular formula is C8H11NO7S. The predicted octanol–water partition coefficient (Wildman–Crippen LogP) is -1.62. The Morgan fingerprint density at radius 2 is 1.82 bits per heavy atom. The molecule has 0 aromatic carbocycles. The lowest BCUT2D eigenvalue weighted by Gasteiger charge is -2.23. The number of aliphatic carboxylic acids is 2. The molecule has 2 saturated carbocycles. The first-order valence-corrected chi connectivity index (χ1v) is 6.32. The van der Waals surface area contributed by atoms with E-state index < -0.39 is 57.0 Å². The zero-order chi connectivity index (χ0) is 13.2. The van der Waals surface area contributed by atoms with Crippen LogP contribution in [0.25, 0.3) is 0 Å². The van der Waals surface area contributed by atoms with E-state index in [0.717, 1.165) is 0 Å². The minimum absolute atomic E-state index is 0.458. The summed E-state index contributed by atoms with van der Waals surface area (Å²) in [6, 6.07) is 0. The lowest BCUT2D eigenvalue weighted by atomic mass is 9.91. The Morgan fingerprint density at radius 1 is 1.29 bits per heavy atom. The molecule has 2 rings (SSSR count). The smallest absolute Gasteiger partial charge is 0.324 e. The van der Waals surface area contributed by atoms with Crippen LogP contribution in [0.1, 0.15) is 6.42 Å². The maximum atomic E-state index is 11.1. The molecule has 2 fully saturated rings. The molecule has 0 aliphatic heterocycles.